The molecule has 0 aliphatic heterocycles. The van der Waals surface area contributed by atoms with E-state index in [2.05, 4.69) is 127 Å². The molecule has 0 bridgehead atoms. The predicted molar refractivity (Wildman–Crippen MR) is 203 cm³/mol. The summed E-state index contributed by atoms with van der Waals surface area (Å²) in [5.41, 5.74) is 9.68. The molecule has 245 valence electrons. The molecule has 0 spiro atoms. The van der Waals surface area contributed by atoms with Crippen molar-refractivity contribution in [3.63, 3.8) is 0 Å². The number of hydrogen-bond acceptors (Lipinski definition) is 3. The second-order valence-corrected chi connectivity index (χ2v) is 13.5. The fraction of sp³-hybridized carbons (Fsp3) is 0.136. The largest absolute Gasteiger partial charge is 0.333 e. The fourth-order valence-corrected chi connectivity index (χ4v) is 6.51. The third-order valence-corrected chi connectivity index (χ3v) is 9.11. The molecule has 0 aliphatic carbocycles. The van der Waals surface area contributed by atoms with Crippen LogP contribution in [-0.2, 0) is 25.5 Å². The first-order chi connectivity index (χ1) is 25.7. The number of pyridine rings is 1. The Hall–Kier alpha value is -4.67. The third kappa shape index (κ3) is 7.35. The van der Waals surface area contributed by atoms with Crippen LogP contribution in [0.2, 0.25) is 0 Å². The molecule has 8 aromatic rings. The summed E-state index contributed by atoms with van der Waals surface area (Å²) in [5, 5.41) is 4.78. The smallest absolute Gasteiger partial charge is 0.0774 e. The van der Waals surface area contributed by atoms with E-state index in [1.54, 1.807) is 23.5 Å². The Morgan fingerprint density at radius 1 is 0.755 bits per heavy atom. The third-order valence-electron chi connectivity index (χ3n) is 8.25. The monoisotopic (exact) mass is 838 g/mol. The van der Waals surface area contributed by atoms with Crippen LogP contribution >= 0.6 is 11.3 Å². The Balaban J connectivity index is 0.000000211. The van der Waals surface area contributed by atoms with Crippen molar-refractivity contribution in [3.8, 4) is 39.5 Å². The van der Waals surface area contributed by atoms with Crippen molar-refractivity contribution in [2.75, 3.05) is 0 Å². The maximum atomic E-state index is 7.28. The van der Waals surface area contributed by atoms with Crippen LogP contribution in [0.4, 0.5) is 0 Å². The topological polar surface area (TPSA) is 30.7 Å². The SMILES string of the molecule is CC(C)(C)c1ccc2c(-c3nc4ccccc4n3-c3ccc(-c4ccccc4)cc3)[c-]sc2c1.[2H]C([2H])([2H])c1c[c-]c(-c2ccc(C([2H])([2H])[2H])cn2)cc1.[Ir]. The van der Waals surface area contributed by atoms with Crippen LogP contribution in [0.5, 0.6) is 0 Å². The standard InChI is InChI=1S/C31H25N2S.C13H12N.Ir/c1-31(2,3)23-15-18-25-26(20-34-29(25)19-23)30-32-27-11-7-8-12-28(27)33(30)24-16-13-22(14-17-24)21-9-5-4-6-10-21;1-10-3-6-12(7-4-10)13-8-5-11(2)9-14-13;/h4-19H,1-3H3;3-6,8-9H,1-2H3;/q2*-1;/i;1D3,2D3;. The van der Waals surface area contributed by atoms with Crippen LogP contribution in [0, 0.1) is 25.2 Å². The minimum Gasteiger partial charge on any atom is -0.333 e. The Morgan fingerprint density at radius 3 is 2.18 bits per heavy atom. The summed E-state index contributed by atoms with van der Waals surface area (Å²) in [6.45, 7) is 2.43. The van der Waals surface area contributed by atoms with Gasteiger partial charge in [0.1, 0.15) is 0 Å². The molecule has 3 nitrogen and oxygen atoms in total. The number of imidazole rings is 1. The van der Waals surface area contributed by atoms with E-state index in [9.17, 15) is 0 Å². The van der Waals surface area contributed by atoms with Gasteiger partial charge in [-0.25, -0.2) is 0 Å². The molecule has 3 aromatic heterocycles. The number of fused-ring (bicyclic) bond motifs is 2. The molecule has 0 aliphatic rings. The van der Waals surface area contributed by atoms with Gasteiger partial charge in [0.25, 0.3) is 0 Å². The van der Waals surface area contributed by atoms with Crippen molar-refractivity contribution < 1.29 is 28.3 Å². The molecule has 0 fully saturated rings. The van der Waals surface area contributed by atoms with E-state index in [1.807, 2.05) is 12.1 Å². The van der Waals surface area contributed by atoms with Gasteiger partial charge in [-0.05, 0) is 58.9 Å². The summed E-state index contributed by atoms with van der Waals surface area (Å²) in [5.74, 6) is 0.934. The van der Waals surface area contributed by atoms with E-state index in [-0.39, 0.29) is 36.6 Å². The molecule has 0 N–H and O–H groups in total. The second kappa shape index (κ2) is 14.4. The molecule has 0 unspecified atom stereocenters. The minimum atomic E-state index is -2.18. The molecule has 49 heavy (non-hydrogen) atoms. The van der Waals surface area contributed by atoms with E-state index in [4.69, 9.17) is 13.2 Å². The Kier molecular flexibility index (Phi) is 8.01. The van der Waals surface area contributed by atoms with Gasteiger partial charge < -0.3 is 9.55 Å². The number of para-hydroxylation sites is 2. The summed E-state index contributed by atoms with van der Waals surface area (Å²) >= 11 is 1.67. The van der Waals surface area contributed by atoms with Gasteiger partial charge in [0.15, 0.2) is 0 Å². The first-order valence-electron chi connectivity index (χ1n) is 18.7. The van der Waals surface area contributed by atoms with Gasteiger partial charge in [0.05, 0.1) is 16.9 Å². The van der Waals surface area contributed by atoms with Crippen LogP contribution in [0.1, 0.15) is 45.7 Å². The zero-order valence-corrected chi connectivity index (χ0v) is 30.5. The van der Waals surface area contributed by atoms with Crippen LogP contribution in [-0.4, -0.2) is 14.5 Å². The van der Waals surface area contributed by atoms with Crippen LogP contribution in [0.3, 0.4) is 0 Å². The van der Waals surface area contributed by atoms with Gasteiger partial charge in [-0.15, -0.1) is 46.8 Å². The Bertz CT molecular complexity index is 2480. The van der Waals surface area contributed by atoms with Crippen molar-refractivity contribution in [2.45, 2.75) is 39.9 Å². The minimum absolute atomic E-state index is 0. The Morgan fingerprint density at radius 2 is 1.49 bits per heavy atom. The predicted octanol–water partition coefficient (Wildman–Crippen LogP) is 11.8. The number of rotatable bonds is 4. The summed E-state index contributed by atoms with van der Waals surface area (Å²) in [6.07, 6.45) is 1.30. The van der Waals surface area contributed by atoms with E-state index in [1.165, 1.54) is 51.2 Å². The number of hydrogen-bond donors (Lipinski definition) is 0. The Labute approximate surface area is 315 Å². The molecule has 5 heteroatoms. The van der Waals surface area contributed by atoms with Gasteiger partial charge >= 0.3 is 0 Å². The molecule has 8 rings (SSSR count). The van der Waals surface area contributed by atoms with Crippen molar-refractivity contribution in [3.05, 3.63) is 162 Å². The van der Waals surface area contributed by atoms with Gasteiger partial charge in [-0.1, -0.05) is 128 Å². The molecule has 0 saturated heterocycles. The van der Waals surface area contributed by atoms with Crippen molar-refractivity contribution in [1.29, 1.82) is 0 Å². The molecular formula is C44H37IrN3S-2. The van der Waals surface area contributed by atoms with Crippen molar-refractivity contribution in [1.82, 2.24) is 14.5 Å². The number of aromatic nitrogens is 3. The fourth-order valence-electron chi connectivity index (χ4n) is 5.63. The molecule has 0 atom stereocenters. The summed E-state index contributed by atoms with van der Waals surface area (Å²) < 4.78 is 47.2. The first-order valence-corrected chi connectivity index (χ1v) is 16.6. The number of nitrogens with zero attached hydrogens (tertiary/aromatic N) is 3. The average Bonchev–Trinajstić information content (AvgIpc) is 3.76. The van der Waals surface area contributed by atoms with Gasteiger partial charge in [-0.3, -0.25) is 16.3 Å². The molecule has 0 saturated carbocycles. The summed E-state index contributed by atoms with van der Waals surface area (Å²) in [7, 11) is 0. The van der Waals surface area contributed by atoms with Gasteiger partial charge in [0.2, 0.25) is 0 Å². The number of thiophene rings is 1. The zero-order valence-electron chi connectivity index (χ0n) is 33.3. The second-order valence-electron chi connectivity index (χ2n) is 12.6. The average molecular weight is 838 g/mol. The number of benzene rings is 5. The normalized spacial score (nSPS) is 13.5. The summed E-state index contributed by atoms with van der Waals surface area (Å²) in [6, 6.07) is 44.8. The maximum absolute atomic E-state index is 7.28. The molecule has 0 amide bonds. The molecular weight excluding hydrogens is 795 g/mol. The number of aryl methyl sites for hydroxylation is 2. The molecule has 1 radical (unpaired) electrons. The summed E-state index contributed by atoms with van der Waals surface area (Å²) in [4.78, 5) is 9.15. The van der Waals surface area contributed by atoms with Gasteiger partial charge in [0, 0.05) is 40.2 Å². The van der Waals surface area contributed by atoms with Crippen molar-refractivity contribution >= 4 is 32.5 Å². The van der Waals surface area contributed by atoms with Crippen LogP contribution < -0.4 is 0 Å². The molecule has 3 heterocycles. The van der Waals surface area contributed by atoms with Gasteiger partial charge in [-0.2, -0.15) is 0 Å². The van der Waals surface area contributed by atoms with Crippen LogP contribution in [0.15, 0.2) is 134 Å². The van der Waals surface area contributed by atoms with E-state index < -0.39 is 13.7 Å². The zero-order chi connectivity index (χ0) is 38.3. The quantitative estimate of drug-likeness (QED) is 0.165. The maximum Gasteiger partial charge on any atom is 0.0774 e. The van der Waals surface area contributed by atoms with E-state index in [0.717, 1.165) is 28.1 Å². The molecule has 5 aromatic carbocycles. The van der Waals surface area contributed by atoms with Crippen molar-refractivity contribution in [2.24, 2.45) is 0 Å². The van der Waals surface area contributed by atoms with E-state index in [0.29, 0.717) is 11.3 Å². The first kappa shape index (κ1) is 27.2. The van der Waals surface area contributed by atoms with Crippen LogP contribution in [0.25, 0.3) is 60.6 Å². The van der Waals surface area contributed by atoms with E-state index >= 15 is 0 Å².